The number of likely N-dealkylation sites (tertiary alicyclic amines) is 1. The van der Waals surface area contributed by atoms with Gasteiger partial charge in [0.2, 0.25) is 11.8 Å². The average molecular weight is 937 g/mol. The first-order valence-corrected chi connectivity index (χ1v) is 25.3. The molecule has 2 aliphatic carbocycles. The van der Waals surface area contributed by atoms with Crippen LogP contribution in [0.4, 0.5) is 4.79 Å². The van der Waals surface area contributed by atoms with E-state index < -0.39 is 42.1 Å². The van der Waals surface area contributed by atoms with Gasteiger partial charge in [0.05, 0.1) is 6.42 Å². The van der Waals surface area contributed by atoms with Crippen molar-refractivity contribution in [1.82, 2.24) is 15.5 Å². The topological polar surface area (TPSA) is 114 Å². The zero-order chi connectivity index (χ0) is 47.5. The number of fused-ring (bicyclic) bond motifs is 3. The second-order valence-electron chi connectivity index (χ2n) is 19.2. The summed E-state index contributed by atoms with van der Waals surface area (Å²) in [5.74, 6) is -1.81. The molecule has 5 aromatic carbocycles. The zero-order valence-corrected chi connectivity index (χ0v) is 40.4. The molecule has 3 atom stereocenters. The molecule has 9 nitrogen and oxygen atoms in total. The molecule has 8 rings (SSSR count). The number of carbonyl (C=O) groups excluding carboxylic acids is 4. The lowest BCUT2D eigenvalue weighted by molar-refractivity contribution is -0.156. The monoisotopic (exact) mass is 935 g/mol. The molecule has 356 valence electrons. The van der Waals surface area contributed by atoms with E-state index in [-0.39, 0.29) is 24.3 Å². The molecular formula is C58H66ClN3O6. The third kappa shape index (κ3) is 11.2. The highest BCUT2D eigenvalue weighted by Gasteiger charge is 2.44. The molecule has 1 heterocycles. The number of alkyl carbamates (subject to hydrolysis) is 1. The summed E-state index contributed by atoms with van der Waals surface area (Å²) >= 11 is 7.09. The number of benzene rings is 5. The van der Waals surface area contributed by atoms with Crippen molar-refractivity contribution in [3.8, 4) is 11.1 Å². The molecular weight excluding hydrogens is 870 g/mol. The fourth-order valence-electron chi connectivity index (χ4n) is 10.7. The molecule has 2 N–H and O–H groups in total. The molecule has 5 aromatic rings. The summed E-state index contributed by atoms with van der Waals surface area (Å²) in [6.45, 7) is 4.71. The van der Waals surface area contributed by atoms with Gasteiger partial charge in [0.1, 0.15) is 18.7 Å². The largest absolute Gasteiger partial charge is 0.449 e. The van der Waals surface area contributed by atoms with E-state index in [9.17, 15) is 19.2 Å². The van der Waals surface area contributed by atoms with Gasteiger partial charge in [0.15, 0.2) is 5.60 Å². The predicted octanol–water partition coefficient (Wildman–Crippen LogP) is 12.2. The van der Waals surface area contributed by atoms with Gasteiger partial charge in [-0.1, -0.05) is 198 Å². The molecule has 10 heteroatoms. The third-order valence-electron chi connectivity index (χ3n) is 14.3. The number of nitrogens with one attached hydrogen (secondary N) is 2. The minimum atomic E-state index is -1.51. The Morgan fingerprint density at radius 1 is 0.647 bits per heavy atom. The van der Waals surface area contributed by atoms with Gasteiger partial charge in [-0.15, -0.1) is 0 Å². The number of hydrogen-bond acceptors (Lipinski definition) is 6. The predicted molar refractivity (Wildman–Crippen MR) is 268 cm³/mol. The quantitative estimate of drug-likeness (QED) is 0.0847. The Bertz CT molecular complexity index is 2450. The molecule has 3 aliphatic rings. The van der Waals surface area contributed by atoms with E-state index in [0.29, 0.717) is 40.7 Å². The van der Waals surface area contributed by atoms with Crippen LogP contribution in [0.1, 0.15) is 143 Å². The lowest BCUT2D eigenvalue weighted by atomic mass is 9.78. The Kier molecular flexibility index (Phi) is 16.4. The van der Waals surface area contributed by atoms with Crippen LogP contribution in [0.15, 0.2) is 127 Å². The van der Waals surface area contributed by atoms with Gasteiger partial charge in [-0.25, -0.2) is 4.79 Å². The van der Waals surface area contributed by atoms with E-state index in [1.807, 2.05) is 98.8 Å². The highest BCUT2D eigenvalue weighted by molar-refractivity contribution is 6.31. The molecule has 1 saturated heterocycles. The van der Waals surface area contributed by atoms with Gasteiger partial charge in [0, 0.05) is 40.7 Å². The fraction of sp³-hybridized carbons (Fsp3) is 0.414. The molecule has 0 bridgehead atoms. The maximum absolute atomic E-state index is 14.9. The Balaban J connectivity index is 1.04. The highest BCUT2D eigenvalue weighted by atomic mass is 35.5. The normalized spacial score (nSPS) is 17.4. The maximum Gasteiger partial charge on any atom is 0.407 e. The van der Waals surface area contributed by atoms with Crippen LogP contribution < -0.4 is 10.6 Å². The summed E-state index contributed by atoms with van der Waals surface area (Å²) in [6.07, 6.45) is 12.8. The van der Waals surface area contributed by atoms with Crippen molar-refractivity contribution in [2.24, 2.45) is 5.92 Å². The van der Waals surface area contributed by atoms with E-state index in [0.717, 1.165) is 47.9 Å². The summed E-state index contributed by atoms with van der Waals surface area (Å²) in [5.41, 5.74) is 6.08. The van der Waals surface area contributed by atoms with Crippen molar-refractivity contribution in [2.75, 3.05) is 19.7 Å². The van der Waals surface area contributed by atoms with E-state index in [2.05, 4.69) is 47.0 Å². The van der Waals surface area contributed by atoms with Crippen LogP contribution in [-0.4, -0.2) is 60.6 Å². The van der Waals surface area contributed by atoms with E-state index in [1.54, 1.807) is 11.0 Å². The van der Waals surface area contributed by atoms with Crippen molar-refractivity contribution >= 4 is 35.5 Å². The number of esters is 1. The minimum Gasteiger partial charge on any atom is -0.449 e. The van der Waals surface area contributed by atoms with Crippen LogP contribution in [-0.2, 0) is 29.5 Å². The lowest BCUT2D eigenvalue weighted by Crippen LogP contribution is -2.56. The number of amides is 3. The number of hydrogen-bond donors (Lipinski definition) is 2. The Hall–Kier alpha value is -5.93. The molecule has 3 amide bonds. The summed E-state index contributed by atoms with van der Waals surface area (Å²) in [4.78, 5) is 58.8. The van der Waals surface area contributed by atoms with Crippen LogP contribution in [0, 0.1) is 5.92 Å². The summed E-state index contributed by atoms with van der Waals surface area (Å²) < 4.78 is 12.7. The zero-order valence-electron chi connectivity index (χ0n) is 39.6. The molecule has 68 heavy (non-hydrogen) atoms. The highest BCUT2D eigenvalue weighted by Crippen LogP contribution is 2.46. The van der Waals surface area contributed by atoms with Gasteiger partial charge < -0.3 is 25.0 Å². The number of ether oxygens (including phenoxy) is 2. The number of halogens is 1. The van der Waals surface area contributed by atoms with Gasteiger partial charge >= 0.3 is 12.1 Å². The molecule has 0 radical (unpaired) electrons. The summed E-state index contributed by atoms with van der Waals surface area (Å²) in [6, 6.07) is 39.2. The van der Waals surface area contributed by atoms with Crippen molar-refractivity contribution in [2.45, 2.75) is 127 Å². The second-order valence-corrected chi connectivity index (χ2v) is 19.6. The number of nitrogens with zero attached hydrogens (tertiary/aromatic N) is 1. The summed E-state index contributed by atoms with van der Waals surface area (Å²) in [5, 5.41) is 6.08. The molecule has 2 fully saturated rings. The summed E-state index contributed by atoms with van der Waals surface area (Å²) in [7, 11) is 0. The van der Waals surface area contributed by atoms with Gasteiger partial charge in [0.25, 0.3) is 0 Å². The first-order valence-electron chi connectivity index (χ1n) is 25.0. The molecule has 1 unspecified atom stereocenters. The maximum atomic E-state index is 14.9. The van der Waals surface area contributed by atoms with Crippen molar-refractivity contribution < 1.29 is 28.7 Å². The van der Waals surface area contributed by atoms with E-state index in [4.69, 9.17) is 21.1 Å². The number of carbonyl (C=O) groups is 4. The fourth-order valence-corrected chi connectivity index (χ4v) is 10.9. The molecule has 0 aromatic heterocycles. The first-order chi connectivity index (χ1) is 33.1. The van der Waals surface area contributed by atoms with Crippen LogP contribution in [0.3, 0.4) is 0 Å². The standard InChI is InChI=1S/C58H66ClN3O6/c1-40(2)54(61-57(66)67-39-49-47-28-16-14-26-45(47)46-27-15-17-29-48(46)49)55(64)60-52(56(65)62-36-20-21-37-62)38-53(63)68-58(43-24-12-9-13-25-43,50-30-18-19-31-51(50)59)44-34-32-42(33-35-44)41-22-10-7-5-3-4-6-8-11-23-41/h9,12-19,24-35,40-41,49,52,54H,3-8,10-11,20-23,36-39H2,1-2H3,(H,60,64)(H,61,66)/t52-,54-,58?/m0/s1. The lowest BCUT2D eigenvalue weighted by Gasteiger charge is -2.36. The van der Waals surface area contributed by atoms with E-state index >= 15 is 0 Å². The van der Waals surface area contributed by atoms with Crippen LogP contribution in [0.5, 0.6) is 0 Å². The van der Waals surface area contributed by atoms with Gasteiger partial charge in [-0.3, -0.25) is 14.4 Å². The van der Waals surface area contributed by atoms with Gasteiger partial charge in [-0.05, 0) is 71.4 Å². The third-order valence-corrected chi connectivity index (χ3v) is 14.6. The molecule has 1 saturated carbocycles. The first kappa shape index (κ1) is 48.5. The smallest absolute Gasteiger partial charge is 0.407 e. The number of rotatable bonds is 14. The van der Waals surface area contributed by atoms with Crippen LogP contribution in [0.2, 0.25) is 5.02 Å². The van der Waals surface area contributed by atoms with Crippen molar-refractivity contribution in [3.05, 3.63) is 166 Å². The van der Waals surface area contributed by atoms with Crippen molar-refractivity contribution in [3.63, 3.8) is 0 Å². The Labute approximate surface area is 407 Å². The average Bonchev–Trinajstić information content (AvgIpc) is 4.00. The Morgan fingerprint density at radius 2 is 1.19 bits per heavy atom. The molecule has 0 spiro atoms. The minimum absolute atomic E-state index is 0.0755. The van der Waals surface area contributed by atoms with Crippen molar-refractivity contribution in [1.29, 1.82) is 0 Å². The van der Waals surface area contributed by atoms with Crippen LogP contribution in [0.25, 0.3) is 11.1 Å². The van der Waals surface area contributed by atoms with Crippen LogP contribution >= 0.6 is 11.6 Å². The molecule has 1 aliphatic heterocycles. The van der Waals surface area contributed by atoms with E-state index in [1.165, 1.54) is 56.9 Å². The SMILES string of the molecule is CC(C)[C@H](NC(=O)OCC1c2ccccc2-c2ccccc21)C(=O)N[C@@H](CC(=O)OC(c1ccccc1)(c1ccc(C2CCCCCCCCCC2)cc1)c1ccccc1Cl)C(=O)N1CCCC1. The second kappa shape index (κ2) is 22.9. The van der Waals surface area contributed by atoms with Gasteiger partial charge in [-0.2, -0.15) is 0 Å². The Morgan fingerprint density at radius 3 is 1.79 bits per heavy atom.